The van der Waals surface area contributed by atoms with E-state index in [4.69, 9.17) is 12.3 Å². The fourth-order valence-electron chi connectivity index (χ4n) is 0.368. The average molecular weight is 134 g/mol. The topological polar surface area (TPSA) is 27.7 Å². The molecule has 0 bridgehead atoms. The molecule has 0 aromatic rings. The first kappa shape index (κ1) is 8.41. The molecule has 0 aliphatic carbocycles. The zero-order chi connectivity index (χ0) is 6.41. The maximum Gasteiger partial charge on any atom is 0.702 e. The number of rotatable bonds is 4. The SMILES string of the molecule is CO[CH2][Al]([O]C)[O]C. The maximum absolute atomic E-state index is 4.93. The summed E-state index contributed by atoms with van der Waals surface area (Å²) in [6.07, 6.45) is 0. The lowest BCUT2D eigenvalue weighted by molar-refractivity contribution is 0.186. The Morgan fingerprint density at radius 1 is 1.12 bits per heavy atom. The van der Waals surface area contributed by atoms with E-state index < -0.39 is 14.8 Å². The predicted molar refractivity (Wildman–Crippen MR) is 31.6 cm³/mol. The van der Waals surface area contributed by atoms with E-state index in [2.05, 4.69) is 0 Å². The number of methoxy groups -OCH3 is 1. The summed E-state index contributed by atoms with van der Waals surface area (Å²) in [5.74, 6) is 0. The normalized spacial score (nSPS) is 9.38. The van der Waals surface area contributed by atoms with Crippen LogP contribution in [-0.4, -0.2) is 41.6 Å². The summed E-state index contributed by atoms with van der Waals surface area (Å²) in [6, 6.07) is 0. The van der Waals surface area contributed by atoms with Crippen LogP contribution in [0.3, 0.4) is 0 Å². The van der Waals surface area contributed by atoms with Crippen LogP contribution < -0.4 is 0 Å². The third kappa shape index (κ3) is 3.42. The van der Waals surface area contributed by atoms with Gasteiger partial charge in [-0.3, -0.25) is 0 Å². The largest absolute Gasteiger partial charge is 0.702 e. The van der Waals surface area contributed by atoms with Crippen LogP contribution in [0.25, 0.3) is 0 Å². The summed E-state index contributed by atoms with van der Waals surface area (Å²) in [7, 11) is 4.91. The Hall–Kier alpha value is 0.412. The minimum absolute atomic E-state index is 0.618. The van der Waals surface area contributed by atoms with Crippen molar-refractivity contribution >= 4 is 14.8 Å². The van der Waals surface area contributed by atoms with Crippen LogP contribution in [-0.2, 0) is 12.3 Å². The van der Waals surface area contributed by atoms with Gasteiger partial charge in [-0.2, -0.15) is 0 Å². The lowest BCUT2D eigenvalue weighted by Gasteiger charge is -2.02. The quantitative estimate of drug-likeness (QED) is 0.504. The summed E-state index contributed by atoms with van der Waals surface area (Å²) in [6.45, 7) is 0. The summed E-state index contributed by atoms with van der Waals surface area (Å²) in [5, 5.41) is 0. The van der Waals surface area contributed by atoms with Gasteiger partial charge in [-0.1, -0.05) is 0 Å². The van der Waals surface area contributed by atoms with E-state index in [-0.39, 0.29) is 0 Å². The Bertz CT molecular complexity index is 46.5. The van der Waals surface area contributed by atoms with Gasteiger partial charge in [0, 0.05) is 21.3 Å². The maximum atomic E-state index is 4.93. The van der Waals surface area contributed by atoms with Gasteiger partial charge in [-0.05, 0) is 0 Å². The van der Waals surface area contributed by atoms with E-state index >= 15 is 0 Å². The van der Waals surface area contributed by atoms with Crippen LogP contribution in [0.15, 0.2) is 0 Å². The van der Waals surface area contributed by atoms with Gasteiger partial charge in [-0.15, -0.1) is 0 Å². The van der Waals surface area contributed by atoms with Crippen LogP contribution in [0.2, 0.25) is 0 Å². The second-order valence-corrected chi connectivity index (χ2v) is 3.49. The molecular formula is C4H11AlO3. The molecule has 48 valence electrons. The molecule has 0 spiro atoms. The second kappa shape index (κ2) is 5.55. The third-order valence-electron chi connectivity index (χ3n) is 0.829. The zero-order valence-corrected chi connectivity index (χ0v) is 6.66. The van der Waals surface area contributed by atoms with E-state index in [9.17, 15) is 0 Å². The zero-order valence-electron chi connectivity index (χ0n) is 5.51. The standard InChI is InChI=1S/C2H5O.2CH3O.Al/c1-3-2;2*1-2;/h1H2,2H3;2*1H3;/q;2*-1;+2. The smallest absolute Gasteiger partial charge is 0.480 e. The Balaban J connectivity index is 3.07. The van der Waals surface area contributed by atoms with Crippen LogP contribution in [0.1, 0.15) is 0 Å². The summed E-state index contributed by atoms with van der Waals surface area (Å²) in [4.78, 5) is 0. The van der Waals surface area contributed by atoms with Gasteiger partial charge < -0.3 is 12.3 Å². The fourth-order valence-corrected chi connectivity index (χ4v) is 1.11. The minimum Gasteiger partial charge on any atom is -0.480 e. The lowest BCUT2D eigenvalue weighted by Crippen LogP contribution is -2.25. The van der Waals surface area contributed by atoms with Gasteiger partial charge in [0.1, 0.15) is 0 Å². The molecule has 8 heavy (non-hydrogen) atoms. The molecule has 0 aliphatic heterocycles. The highest BCUT2D eigenvalue weighted by Crippen LogP contribution is 1.82. The molecule has 0 saturated heterocycles. The van der Waals surface area contributed by atoms with Crippen molar-refractivity contribution in [2.75, 3.05) is 26.8 Å². The van der Waals surface area contributed by atoms with Crippen LogP contribution in [0.4, 0.5) is 0 Å². The lowest BCUT2D eigenvalue weighted by atomic mass is 11.5. The first-order valence-electron chi connectivity index (χ1n) is 2.39. The molecule has 0 heterocycles. The highest BCUT2D eigenvalue weighted by atomic mass is 27.2. The molecule has 0 amide bonds. The van der Waals surface area contributed by atoms with E-state index in [0.717, 1.165) is 0 Å². The molecule has 0 aromatic heterocycles. The van der Waals surface area contributed by atoms with Gasteiger partial charge in [-0.25, -0.2) is 0 Å². The Morgan fingerprint density at radius 2 is 1.62 bits per heavy atom. The average Bonchev–Trinajstić information content (AvgIpc) is 1.83. The van der Waals surface area contributed by atoms with Crippen LogP contribution in [0, 0.1) is 0 Å². The Labute approximate surface area is 54.6 Å². The van der Waals surface area contributed by atoms with Crippen LogP contribution in [0.5, 0.6) is 0 Å². The van der Waals surface area contributed by atoms with Crippen molar-refractivity contribution in [3.8, 4) is 0 Å². The summed E-state index contributed by atoms with van der Waals surface area (Å²) >= 11 is -1.41. The van der Waals surface area contributed by atoms with E-state index in [1.54, 1.807) is 21.3 Å². The molecule has 4 heteroatoms. The molecular weight excluding hydrogens is 123 g/mol. The van der Waals surface area contributed by atoms with Gasteiger partial charge >= 0.3 is 14.8 Å². The van der Waals surface area contributed by atoms with Gasteiger partial charge in [0.15, 0.2) is 0 Å². The molecule has 0 aliphatic rings. The summed E-state index contributed by atoms with van der Waals surface area (Å²) < 4.78 is 14.7. The van der Waals surface area contributed by atoms with Crippen molar-refractivity contribution in [1.82, 2.24) is 0 Å². The van der Waals surface area contributed by atoms with Crippen molar-refractivity contribution in [2.45, 2.75) is 0 Å². The van der Waals surface area contributed by atoms with Crippen LogP contribution >= 0.6 is 0 Å². The van der Waals surface area contributed by atoms with Crippen molar-refractivity contribution in [3.63, 3.8) is 0 Å². The highest BCUT2D eigenvalue weighted by molar-refractivity contribution is 6.44. The molecule has 0 aromatic carbocycles. The molecule has 0 rings (SSSR count). The van der Waals surface area contributed by atoms with Crippen molar-refractivity contribution in [3.05, 3.63) is 0 Å². The van der Waals surface area contributed by atoms with E-state index in [0.29, 0.717) is 5.47 Å². The number of ether oxygens (including phenoxy) is 1. The molecule has 0 atom stereocenters. The first-order valence-corrected chi connectivity index (χ1v) is 4.15. The Morgan fingerprint density at radius 3 is 1.75 bits per heavy atom. The predicted octanol–water partition coefficient (Wildman–Crippen LogP) is -0.0470. The van der Waals surface area contributed by atoms with Gasteiger partial charge in [0.2, 0.25) is 0 Å². The monoisotopic (exact) mass is 134 g/mol. The van der Waals surface area contributed by atoms with E-state index in [1.807, 2.05) is 0 Å². The highest BCUT2D eigenvalue weighted by Gasteiger charge is 2.20. The molecule has 0 N–H and O–H groups in total. The molecule has 0 saturated carbocycles. The summed E-state index contributed by atoms with van der Waals surface area (Å²) in [5.41, 5.74) is 0.618. The first-order chi connectivity index (χ1) is 3.85. The molecule has 3 nitrogen and oxygen atoms in total. The van der Waals surface area contributed by atoms with Crippen molar-refractivity contribution < 1.29 is 12.3 Å². The number of hydrogen-bond donors (Lipinski definition) is 0. The third-order valence-corrected chi connectivity index (χ3v) is 2.49. The second-order valence-electron chi connectivity index (χ2n) is 1.36. The van der Waals surface area contributed by atoms with Gasteiger partial charge in [0.25, 0.3) is 0 Å². The minimum atomic E-state index is -1.41. The van der Waals surface area contributed by atoms with Crippen molar-refractivity contribution in [1.29, 1.82) is 0 Å². The fraction of sp³-hybridized carbons (Fsp3) is 1.00. The number of hydrogen-bond acceptors (Lipinski definition) is 3. The van der Waals surface area contributed by atoms with Gasteiger partial charge in [0.05, 0.1) is 5.47 Å². The Kier molecular flexibility index (Phi) is 5.83. The van der Waals surface area contributed by atoms with E-state index in [1.165, 1.54) is 0 Å². The van der Waals surface area contributed by atoms with Crippen molar-refractivity contribution in [2.24, 2.45) is 0 Å². The molecule has 0 unspecified atom stereocenters. The molecule has 0 radical (unpaired) electrons. The molecule has 0 fully saturated rings.